The van der Waals surface area contributed by atoms with E-state index >= 15 is 0 Å². The Morgan fingerprint density at radius 2 is 2.47 bits per heavy atom. The topological polar surface area (TPSA) is 72.0 Å². The van der Waals surface area contributed by atoms with Crippen LogP contribution < -0.4 is 5.73 Å². The Labute approximate surface area is 106 Å². The van der Waals surface area contributed by atoms with Gasteiger partial charge in [0.1, 0.15) is 6.33 Å². The lowest BCUT2D eigenvalue weighted by Gasteiger charge is -2.28. The van der Waals surface area contributed by atoms with Gasteiger partial charge in [-0.05, 0) is 37.0 Å². The highest BCUT2D eigenvalue weighted by molar-refractivity contribution is 7.99. The minimum absolute atomic E-state index is 0.349. The van der Waals surface area contributed by atoms with Crippen molar-refractivity contribution in [2.75, 3.05) is 12.3 Å². The minimum Gasteiger partial charge on any atom is -0.388 e. The molecular formula is C12H19N3OS. The van der Waals surface area contributed by atoms with Gasteiger partial charge in [0.15, 0.2) is 0 Å². The second kappa shape index (κ2) is 5.80. The fraction of sp³-hybridized carbons (Fsp3) is 0.667. The van der Waals surface area contributed by atoms with Crippen LogP contribution in [0.15, 0.2) is 23.6 Å². The summed E-state index contributed by atoms with van der Waals surface area (Å²) in [5.41, 5.74) is 5.05. The molecular weight excluding hydrogens is 234 g/mol. The van der Waals surface area contributed by atoms with Crippen molar-refractivity contribution in [3.63, 3.8) is 0 Å². The zero-order chi connectivity index (χ0) is 12.1. The zero-order valence-corrected chi connectivity index (χ0v) is 10.7. The van der Waals surface area contributed by atoms with E-state index in [4.69, 9.17) is 5.73 Å². The average molecular weight is 253 g/mol. The van der Waals surface area contributed by atoms with Gasteiger partial charge in [-0.2, -0.15) is 0 Å². The summed E-state index contributed by atoms with van der Waals surface area (Å²) < 4.78 is 0. The summed E-state index contributed by atoms with van der Waals surface area (Å²) in [5, 5.41) is 11.3. The largest absolute Gasteiger partial charge is 0.388 e. The van der Waals surface area contributed by atoms with Gasteiger partial charge >= 0.3 is 0 Å². The fourth-order valence-corrected chi connectivity index (χ4v) is 3.37. The first-order chi connectivity index (χ1) is 8.24. The Morgan fingerprint density at radius 1 is 1.59 bits per heavy atom. The van der Waals surface area contributed by atoms with Gasteiger partial charge in [-0.3, -0.25) is 0 Å². The summed E-state index contributed by atoms with van der Waals surface area (Å²) in [6.07, 6.45) is 7.36. The Balaban J connectivity index is 1.79. The maximum absolute atomic E-state index is 10.3. The number of thioether (sulfide) groups is 1. The number of aliphatic hydroxyl groups is 1. The molecule has 1 aromatic heterocycles. The van der Waals surface area contributed by atoms with Gasteiger partial charge in [-0.25, -0.2) is 9.97 Å². The van der Waals surface area contributed by atoms with Crippen molar-refractivity contribution >= 4 is 11.8 Å². The van der Waals surface area contributed by atoms with Crippen LogP contribution in [0.5, 0.6) is 0 Å². The van der Waals surface area contributed by atoms with E-state index in [1.165, 1.54) is 0 Å². The van der Waals surface area contributed by atoms with Gasteiger partial charge in [-0.15, -0.1) is 11.8 Å². The molecule has 4 nitrogen and oxygen atoms in total. The van der Waals surface area contributed by atoms with Gasteiger partial charge in [0.05, 0.1) is 10.6 Å². The Hall–Kier alpha value is -0.650. The first-order valence-electron chi connectivity index (χ1n) is 6.06. The summed E-state index contributed by atoms with van der Waals surface area (Å²) >= 11 is 1.72. The minimum atomic E-state index is -0.619. The Bertz CT molecular complexity index is 349. The van der Waals surface area contributed by atoms with Crippen LogP contribution in [0.1, 0.15) is 25.7 Å². The molecule has 1 heterocycles. The normalized spacial score (nSPS) is 28.5. The highest BCUT2D eigenvalue weighted by Crippen LogP contribution is 2.38. The third-order valence-corrected chi connectivity index (χ3v) is 4.52. The molecule has 2 atom stereocenters. The van der Waals surface area contributed by atoms with Crippen molar-refractivity contribution in [1.29, 1.82) is 0 Å². The Morgan fingerprint density at radius 3 is 3.18 bits per heavy atom. The van der Waals surface area contributed by atoms with Crippen LogP contribution >= 0.6 is 11.8 Å². The second-order valence-electron chi connectivity index (χ2n) is 4.58. The van der Waals surface area contributed by atoms with Gasteiger partial charge in [0.25, 0.3) is 0 Å². The maximum Gasteiger partial charge on any atom is 0.116 e. The van der Waals surface area contributed by atoms with Crippen LogP contribution in [-0.4, -0.2) is 33.0 Å². The van der Waals surface area contributed by atoms with Crippen LogP contribution in [-0.2, 0) is 0 Å². The van der Waals surface area contributed by atoms with Gasteiger partial charge < -0.3 is 10.8 Å². The van der Waals surface area contributed by atoms with E-state index in [9.17, 15) is 5.11 Å². The third kappa shape index (κ3) is 3.18. The van der Waals surface area contributed by atoms with Crippen molar-refractivity contribution in [3.8, 4) is 0 Å². The second-order valence-corrected chi connectivity index (χ2v) is 5.70. The van der Waals surface area contributed by atoms with E-state index in [0.29, 0.717) is 12.5 Å². The number of hydrogen-bond donors (Lipinski definition) is 2. The summed E-state index contributed by atoms with van der Waals surface area (Å²) in [4.78, 5) is 8.05. The fourth-order valence-electron chi connectivity index (χ4n) is 2.48. The molecule has 1 aromatic rings. The lowest BCUT2D eigenvalue weighted by Crippen LogP contribution is -2.41. The van der Waals surface area contributed by atoms with Crippen molar-refractivity contribution in [3.05, 3.63) is 18.6 Å². The molecule has 0 amide bonds. The van der Waals surface area contributed by atoms with E-state index in [1.807, 2.05) is 6.07 Å². The SMILES string of the molecule is NCC1(O)CCCC1CCSc1ccncn1. The van der Waals surface area contributed by atoms with E-state index < -0.39 is 5.60 Å². The van der Waals surface area contributed by atoms with Crippen LogP contribution in [0.2, 0.25) is 0 Å². The predicted octanol–water partition coefficient (Wildman–Crippen LogP) is 1.45. The number of rotatable bonds is 5. The monoisotopic (exact) mass is 253 g/mol. The molecule has 0 aromatic carbocycles. The zero-order valence-electron chi connectivity index (χ0n) is 9.88. The summed E-state index contributed by atoms with van der Waals surface area (Å²) in [6, 6.07) is 1.91. The molecule has 17 heavy (non-hydrogen) atoms. The van der Waals surface area contributed by atoms with Crippen LogP contribution in [0.25, 0.3) is 0 Å². The molecule has 0 saturated heterocycles. The lowest BCUT2D eigenvalue weighted by atomic mass is 9.89. The first-order valence-corrected chi connectivity index (χ1v) is 7.04. The number of nitrogens with two attached hydrogens (primary N) is 1. The van der Waals surface area contributed by atoms with E-state index in [2.05, 4.69) is 9.97 Å². The van der Waals surface area contributed by atoms with E-state index in [0.717, 1.165) is 36.5 Å². The van der Waals surface area contributed by atoms with Crippen LogP contribution in [0, 0.1) is 5.92 Å². The number of nitrogens with zero attached hydrogens (tertiary/aromatic N) is 2. The summed E-state index contributed by atoms with van der Waals surface area (Å²) in [6.45, 7) is 0.385. The molecule has 2 unspecified atom stereocenters. The van der Waals surface area contributed by atoms with Crippen LogP contribution in [0.4, 0.5) is 0 Å². The molecule has 0 radical (unpaired) electrons. The molecule has 0 spiro atoms. The molecule has 3 N–H and O–H groups in total. The maximum atomic E-state index is 10.3. The van der Waals surface area contributed by atoms with Crippen molar-refractivity contribution < 1.29 is 5.11 Å². The molecule has 1 aliphatic carbocycles. The smallest absolute Gasteiger partial charge is 0.116 e. The standard InChI is InChI=1S/C12H19N3OS/c13-8-12(16)5-1-2-10(12)4-7-17-11-3-6-14-9-15-11/h3,6,9-10,16H,1-2,4-5,7-8,13H2. The highest BCUT2D eigenvalue weighted by atomic mass is 32.2. The Kier molecular flexibility index (Phi) is 4.36. The van der Waals surface area contributed by atoms with E-state index in [1.54, 1.807) is 24.3 Å². The van der Waals surface area contributed by atoms with Crippen LogP contribution in [0.3, 0.4) is 0 Å². The van der Waals surface area contributed by atoms with Gasteiger partial charge in [0, 0.05) is 12.7 Å². The third-order valence-electron chi connectivity index (χ3n) is 3.55. The molecule has 5 heteroatoms. The summed E-state index contributed by atoms with van der Waals surface area (Å²) in [5.74, 6) is 1.33. The molecule has 1 fully saturated rings. The molecule has 94 valence electrons. The molecule has 0 aliphatic heterocycles. The molecule has 0 bridgehead atoms. The highest BCUT2D eigenvalue weighted by Gasteiger charge is 2.39. The quantitative estimate of drug-likeness (QED) is 0.614. The predicted molar refractivity (Wildman–Crippen MR) is 68.7 cm³/mol. The molecule has 1 aliphatic rings. The summed E-state index contributed by atoms with van der Waals surface area (Å²) in [7, 11) is 0. The van der Waals surface area contributed by atoms with Gasteiger partial charge in [0.2, 0.25) is 0 Å². The van der Waals surface area contributed by atoms with Crippen molar-refractivity contribution in [1.82, 2.24) is 9.97 Å². The average Bonchev–Trinajstić information content (AvgIpc) is 2.73. The van der Waals surface area contributed by atoms with Crippen molar-refractivity contribution in [2.24, 2.45) is 11.7 Å². The first kappa shape index (κ1) is 12.8. The number of aromatic nitrogens is 2. The van der Waals surface area contributed by atoms with E-state index in [-0.39, 0.29) is 0 Å². The lowest BCUT2D eigenvalue weighted by molar-refractivity contribution is 0.0103. The van der Waals surface area contributed by atoms with Gasteiger partial charge in [-0.1, -0.05) is 6.42 Å². The number of hydrogen-bond acceptors (Lipinski definition) is 5. The van der Waals surface area contributed by atoms with Crippen molar-refractivity contribution in [2.45, 2.75) is 36.3 Å². The molecule has 1 saturated carbocycles. The molecule has 2 rings (SSSR count).